The van der Waals surface area contributed by atoms with Crippen molar-refractivity contribution < 1.29 is 9.72 Å². The maximum Gasteiger partial charge on any atom is 0.389 e. The second-order valence-electron chi connectivity index (χ2n) is 4.27. The lowest BCUT2D eigenvalue weighted by Crippen LogP contribution is -2.24. The van der Waals surface area contributed by atoms with E-state index in [4.69, 9.17) is 5.26 Å². The Morgan fingerprint density at radius 1 is 1.43 bits per heavy atom. The second kappa shape index (κ2) is 5.83. The number of hydrogen-bond donors (Lipinski definition) is 1. The zero-order chi connectivity index (χ0) is 15.4. The predicted molar refractivity (Wildman–Crippen MR) is 73.4 cm³/mol. The molecular weight excluding hydrogens is 274 g/mol. The van der Waals surface area contributed by atoms with Crippen molar-refractivity contribution in [2.75, 3.05) is 5.32 Å². The molecule has 1 aromatic heterocycles. The molecule has 0 fully saturated rings. The molecule has 8 nitrogen and oxygen atoms in total. The van der Waals surface area contributed by atoms with Gasteiger partial charge in [0, 0.05) is 5.69 Å². The highest BCUT2D eigenvalue weighted by atomic mass is 16.6. The minimum absolute atomic E-state index is 0.312. The summed E-state index contributed by atoms with van der Waals surface area (Å²) in [5.74, 6) is -0.675. The molecule has 0 radical (unpaired) electrons. The summed E-state index contributed by atoms with van der Waals surface area (Å²) in [5.41, 5.74) is 1.02. The van der Waals surface area contributed by atoms with Gasteiger partial charge in [-0.25, -0.2) is 0 Å². The first-order valence-corrected chi connectivity index (χ1v) is 6.02. The summed E-state index contributed by atoms with van der Waals surface area (Å²) < 4.78 is 1.22. The van der Waals surface area contributed by atoms with E-state index >= 15 is 0 Å². The normalized spacial score (nSPS) is 11.4. The van der Waals surface area contributed by atoms with Gasteiger partial charge in [0.05, 0.1) is 29.0 Å². The molecule has 0 bridgehead atoms. The Morgan fingerprint density at radius 2 is 2.10 bits per heavy atom. The number of carbonyl (C=O) groups excluding carboxylic acids is 1. The number of hydrogen-bond acceptors (Lipinski definition) is 5. The molecule has 0 saturated carbocycles. The molecule has 2 rings (SSSR count). The zero-order valence-corrected chi connectivity index (χ0v) is 11.1. The van der Waals surface area contributed by atoms with Gasteiger partial charge in [-0.2, -0.15) is 9.94 Å². The standard InChI is InChI=1S/C13H11N5O3/c1-9(17-7-6-12(16-17)18(20)21)13(19)15-11-4-2-10(8-14)3-5-11/h2-7,9H,1H3,(H,15,19). The molecule has 8 heteroatoms. The highest BCUT2D eigenvalue weighted by molar-refractivity contribution is 5.93. The Hall–Kier alpha value is -3.21. The molecule has 0 aliphatic heterocycles. The average Bonchev–Trinajstić information content (AvgIpc) is 2.97. The van der Waals surface area contributed by atoms with Crippen molar-refractivity contribution in [3.63, 3.8) is 0 Å². The maximum atomic E-state index is 12.0. The molecule has 21 heavy (non-hydrogen) atoms. The second-order valence-corrected chi connectivity index (χ2v) is 4.27. The SMILES string of the molecule is CC(C(=O)Nc1ccc(C#N)cc1)n1ccc([N+](=O)[O-])n1. The molecule has 2 aromatic rings. The summed E-state index contributed by atoms with van der Waals surface area (Å²) in [6.07, 6.45) is 1.38. The van der Waals surface area contributed by atoms with Crippen molar-refractivity contribution >= 4 is 17.4 Å². The van der Waals surface area contributed by atoms with Gasteiger partial charge in [0.15, 0.2) is 0 Å². The Balaban J connectivity index is 2.07. The van der Waals surface area contributed by atoms with Gasteiger partial charge >= 0.3 is 5.82 Å². The Labute approximate surface area is 119 Å². The highest BCUT2D eigenvalue weighted by Gasteiger charge is 2.21. The van der Waals surface area contributed by atoms with Crippen molar-refractivity contribution in [3.05, 3.63) is 52.2 Å². The van der Waals surface area contributed by atoms with Crippen LogP contribution in [0.1, 0.15) is 18.5 Å². The molecule has 0 aliphatic rings. The lowest BCUT2D eigenvalue weighted by molar-refractivity contribution is -0.389. The largest absolute Gasteiger partial charge is 0.389 e. The molecule has 0 saturated heterocycles. The van der Waals surface area contributed by atoms with E-state index in [0.717, 1.165) is 0 Å². The number of nitrogens with zero attached hydrogens (tertiary/aromatic N) is 4. The summed E-state index contributed by atoms with van der Waals surface area (Å²) in [6.45, 7) is 1.58. The van der Waals surface area contributed by atoms with Crippen LogP contribution < -0.4 is 5.32 Å². The molecule has 1 heterocycles. The zero-order valence-electron chi connectivity index (χ0n) is 11.1. The van der Waals surface area contributed by atoms with Gasteiger partial charge in [-0.15, -0.1) is 0 Å². The van der Waals surface area contributed by atoms with Crippen LogP contribution in [0.25, 0.3) is 0 Å². The Bertz CT molecular complexity index is 714. The van der Waals surface area contributed by atoms with Crippen LogP contribution in [0.5, 0.6) is 0 Å². The van der Waals surface area contributed by atoms with E-state index in [9.17, 15) is 14.9 Å². The van der Waals surface area contributed by atoms with Crippen LogP contribution in [-0.4, -0.2) is 20.6 Å². The minimum atomic E-state index is -0.700. The first-order chi connectivity index (χ1) is 10.0. The van der Waals surface area contributed by atoms with Gasteiger partial charge in [0.2, 0.25) is 0 Å². The van der Waals surface area contributed by atoms with Crippen LogP contribution in [0.15, 0.2) is 36.5 Å². The van der Waals surface area contributed by atoms with Gasteiger partial charge in [-0.3, -0.25) is 4.79 Å². The van der Waals surface area contributed by atoms with E-state index in [1.54, 1.807) is 31.2 Å². The lowest BCUT2D eigenvalue weighted by Gasteiger charge is -2.10. The summed E-state index contributed by atoms with van der Waals surface area (Å²) in [5, 5.41) is 25.6. The molecule has 1 N–H and O–H groups in total. The number of benzene rings is 1. The van der Waals surface area contributed by atoms with Crippen molar-refractivity contribution in [2.45, 2.75) is 13.0 Å². The third-order valence-electron chi connectivity index (χ3n) is 2.84. The fraction of sp³-hybridized carbons (Fsp3) is 0.154. The van der Waals surface area contributed by atoms with Gasteiger partial charge in [-0.1, -0.05) is 0 Å². The quantitative estimate of drug-likeness (QED) is 0.680. The molecular formula is C13H11N5O3. The third kappa shape index (κ3) is 3.22. The van der Waals surface area contributed by atoms with E-state index in [1.807, 2.05) is 6.07 Å². The van der Waals surface area contributed by atoms with Gasteiger partial charge in [0.1, 0.15) is 6.04 Å². The van der Waals surface area contributed by atoms with E-state index in [0.29, 0.717) is 11.3 Å². The number of rotatable bonds is 4. The Morgan fingerprint density at radius 3 is 2.62 bits per heavy atom. The number of nitriles is 1. The monoisotopic (exact) mass is 285 g/mol. The molecule has 106 valence electrons. The van der Waals surface area contributed by atoms with Crippen LogP contribution in [0.3, 0.4) is 0 Å². The number of nitro groups is 1. The van der Waals surface area contributed by atoms with E-state index in [1.165, 1.54) is 16.9 Å². The summed E-state index contributed by atoms with van der Waals surface area (Å²) >= 11 is 0. The fourth-order valence-electron chi connectivity index (χ4n) is 1.64. The molecule has 0 aliphatic carbocycles. The van der Waals surface area contributed by atoms with Gasteiger partial charge in [0.25, 0.3) is 5.91 Å². The first kappa shape index (κ1) is 14.2. The molecule has 1 amide bonds. The molecule has 1 unspecified atom stereocenters. The van der Waals surface area contributed by atoms with E-state index in [-0.39, 0.29) is 11.7 Å². The third-order valence-corrected chi connectivity index (χ3v) is 2.84. The van der Waals surface area contributed by atoms with Crippen molar-refractivity contribution in [3.8, 4) is 6.07 Å². The van der Waals surface area contributed by atoms with E-state index in [2.05, 4.69) is 10.4 Å². The maximum absolute atomic E-state index is 12.0. The van der Waals surface area contributed by atoms with Crippen molar-refractivity contribution in [2.24, 2.45) is 0 Å². The van der Waals surface area contributed by atoms with E-state index < -0.39 is 11.0 Å². The van der Waals surface area contributed by atoms with Crippen LogP contribution >= 0.6 is 0 Å². The molecule has 1 aromatic carbocycles. The van der Waals surface area contributed by atoms with Crippen LogP contribution in [-0.2, 0) is 4.79 Å². The summed E-state index contributed by atoms with van der Waals surface area (Å²) in [6, 6.07) is 8.88. The first-order valence-electron chi connectivity index (χ1n) is 6.02. The fourth-order valence-corrected chi connectivity index (χ4v) is 1.64. The van der Waals surface area contributed by atoms with Crippen LogP contribution in [0.4, 0.5) is 11.5 Å². The smallest absolute Gasteiger partial charge is 0.358 e. The summed E-state index contributed by atoms with van der Waals surface area (Å²) in [4.78, 5) is 22.0. The molecule has 0 spiro atoms. The number of nitrogens with one attached hydrogen (secondary N) is 1. The van der Waals surface area contributed by atoms with Crippen LogP contribution in [0.2, 0.25) is 0 Å². The number of carbonyl (C=O) groups is 1. The molecule has 1 atom stereocenters. The minimum Gasteiger partial charge on any atom is -0.358 e. The van der Waals surface area contributed by atoms with Crippen molar-refractivity contribution in [1.82, 2.24) is 9.78 Å². The number of amides is 1. The van der Waals surface area contributed by atoms with Crippen molar-refractivity contribution in [1.29, 1.82) is 5.26 Å². The summed E-state index contributed by atoms with van der Waals surface area (Å²) in [7, 11) is 0. The van der Waals surface area contributed by atoms with Crippen LogP contribution in [0, 0.1) is 21.4 Å². The van der Waals surface area contributed by atoms with Gasteiger partial charge in [-0.05, 0) is 36.1 Å². The number of aromatic nitrogens is 2. The predicted octanol–water partition coefficient (Wildman–Crippen LogP) is 1.86. The average molecular weight is 285 g/mol. The Kier molecular flexibility index (Phi) is 3.95. The number of anilines is 1. The lowest BCUT2D eigenvalue weighted by atomic mass is 10.2. The van der Waals surface area contributed by atoms with Gasteiger partial charge < -0.3 is 15.4 Å². The highest BCUT2D eigenvalue weighted by Crippen LogP contribution is 2.14. The topological polar surface area (TPSA) is 114 Å².